The summed E-state index contributed by atoms with van der Waals surface area (Å²) >= 11 is 0. The summed E-state index contributed by atoms with van der Waals surface area (Å²) < 4.78 is 0. The fraction of sp³-hybridized carbons (Fsp3) is 0.412. The van der Waals surface area contributed by atoms with E-state index < -0.39 is 0 Å². The first-order chi connectivity index (χ1) is 11.5. The standard InChI is InChI=1S/C17H28N6O/c1-6-16(14(3)24-20-4)17(22-13-18)9-11-23(5)12-15(19)8-10-21-7-2/h7-11,13,18-20H,6,12H2,1-5H3/b10-8-,11-9+,16-14+,18-13?,19-15?,21-7?,22-17?. The maximum absolute atomic E-state index is 7.87. The summed E-state index contributed by atoms with van der Waals surface area (Å²) in [5.74, 6) is 0.709. The fourth-order valence-corrected chi connectivity index (χ4v) is 1.91. The summed E-state index contributed by atoms with van der Waals surface area (Å²) in [5, 5.41) is 15.1. The van der Waals surface area contributed by atoms with Crippen molar-refractivity contribution in [3.05, 3.63) is 35.9 Å². The van der Waals surface area contributed by atoms with Gasteiger partial charge in [-0.3, -0.25) is 10.4 Å². The number of allylic oxidation sites excluding steroid dienone is 3. The number of nitrogens with zero attached hydrogens (tertiary/aromatic N) is 3. The third kappa shape index (κ3) is 8.79. The number of hydrogen-bond donors (Lipinski definition) is 3. The summed E-state index contributed by atoms with van der Waals surface area (Å²) in [7, 11) is 3.56. The van der Waals surface area contributed by atoms with Gasteiger partial charge in [0, 0.05) is 38.3 Å². The summed E-state index contributed by atoms with van der Waals surface area (Å²) in [5.41, 5.74) is 4.65. The predicted molar refractivity (Wildman–Crippen MR) is 102 cm³/mol. The van der Waals surface area contributed by atoms with Crippen LogP contribution in [0.15, 0.2) is 45.9 Å². The molecule has 7 nitrogen and oxygen atoms in total. The van der Waals surface area contributed by atoms with Gasteiger partial charge in [-0.2, -0.15) is 5.48 Å². The van der Waals surface area contributed by atoms with Gasteiger partial charge in [-0.25, -0.2) is 4.99 Å². The minimum atomic E-state index is 0.444. The minimum Gasteiger partial charge on any atom is -0.413 e. The Kier molecular flexibility index (Phi) is 11.6. The molecule has 0 aliphatic heterocycles. The minimum absolute atomic E-state index is 0.444. The van der Waals surface area contributed by atoms with E-state index in [9.17, 15) is 0 Å². The summed E-state index contributed by atoms with van der Waals surface area (Å²) in [6, 6.07) is 0. The molecule has 24 heavy (non-hydrogen) atoms. The van der Waals surface area contributed by atoms with Crippen molar-refractivity contribution < 1.29 is 4.84 Å². The van der Waals surface area contributed by atoms with Crippen molar-refractivity contribution in [2.45, 2.75) is 27.2 Å². The van der Waals surface area contributed by atoms with Crippen molar-refractivity contribution in [1.82, 2.24) is 10.4 Å². The average molecular weight is 332 g/mol. The third-order valence-electron chi connectivity index (χ3n) is 2.96. The molecule has 0 bridgehead atoms. The molecule has 7 heteroatoms. The molecule has 0 fully saturated rings. The van der Waals surface area contributed by atoms with E-state index in [4.69, 9.17) is 15.7 Å². The smallest absolute Gasteiger partial charge is 0.126 e. The van der Waals surface area contributed by atoms with Crippen LogP contribution in [0.1, 0.15) is 27.2 Å². The van der Waals surface area contributed by atoms with Crippen LogP contribution in [0.3, 0.4) is 0 Å². The van der Waals surface area contributed by atoms with Gasteiger partial charge in [0.15, 0.2) is 0 Å². The van der Waals surface area contributed by atoms with Gasteiger partial charge in [0.25, 0.3) is 0 Å². The molecule has 132 valence electrons. The van der Waals surface area contributed by atoms with Crippen molar-refractivity contribution >= 4 is 24.0 Å². The van der Waals surface area contributed by atoms with Gasteiger partial charge >= 0.3 is 0 Å². The van der Waals surface area contributed by atoms with E-state index in [2.05, 4.69) is 15.5 Å². The van der Waals surface area contributed by atoms with Crippen LogP contribution in [0.2, 0.25) is 0 Å². The normalized spacial score (nSPS) is 13.6. The van der Waals surface area contributed by atoms with E-state index in [0.717, 1.165) is 18.3 Å². The van der Waals surface area contributed by atoms with Crippen LogP contribution in [-0.2, 0) is 4.84 Å². The Morgan fingerprint density at radius 1 is 1.33 bits per heavy atom. The summed E-state index contributed by atoms with van der Waals surface area (Å²) in [6.07, 6.45) is 10.3. The molecule has 0 spiro atoms. The van der Waals surface area contributed by atoms with Gasteiger partial charge in [0.1, 0.15) is 12.1 Å². The largest absolute Gasteiger partial charge is 0.413 e. The van der Waals surface area contributed by atoms with E-state index in [0.29, 0.717) is 23.7 Å². The first-order valence-corrected chi connectivity index (χ1v) is 7.70. The van der Waals surface area contributed by atoms with Crippen LogP contribution in [-0.4, -0.2) is 49.5 Å². The molecule has 0 saturated carbocycles. The summed E-state index contributed by atoms with van der Waals surface area (Å²) in [6.45, 7) is 6.12. The lowest BCUT2D eigenvalue weighted by Crippen LogP contribution is -2.19. The molecule has 0 amide bonds. The highest BCUT2D eigenvalue weighted by molar-refractivity contribution is 6.11. The Bertz CT molecular complexity index is 557. The second kappa shape index (κ2) is 13.0. The molecule has 0 atom stereocenters. The molecular weight excluding hydrogens is 304 g/mol. The van der Waals surface area contributed by atoms with Gasteiger partial charge in [0.05, 0.1) is 18.0 Å². The number of nitrogens with one attached hydrogen (secondary N) is 3. The van der Waals surface area contributed by atoms with Crippen molar-refractivity contribution in [2.75, 3.05) is 20.6 Å². The zero-order valence-corrected chi connectivity index (χ0v) is 15.1. The second-order valence-electron chi connectivity index (χ2n) is 4.82. The Hall–Kier alpha value is -2.54. The van der Waals surface area contributed by atoms with Crippen LogP contribution in [0.4, 0.5) is 0 Å². The Morgan fingerprint density at radius 2 is 2.04 bits per heavy atom. The highest BCUT2D eigenvalue weighted by Crippen LogP contribution is 2.12. The van der Waals surface area contributed by atoms with E-state index in [-0.39, 0.29) is 0 Å². The number of aliphatic imine (C=N–C) groups is 2. The van der Waals surface area contributed by atoms with Crippen molar-refractivity contribution in [3.63, 3.8) is 0 Å². The topological polar surface area (TPSA) is 96.9 Å². The Morgan fingerprint density at radius 3 is 2.58 bits per heavy atom. The molecule has 0 saturated heterocycles. The Labute approximate surface area is 144 Å². The molecule has 0 aromatic heterocycles. The molecule has 0 aliphatic carbocycles. The SMILES string of the molecule is CC=N/C=C\C(=N)CN(C)/C=C/C(=NC=N)/C(CC)=C(\C)ONC. The Balaban J connectivity index is 5.09. The first-order valence-electron chi connectivity index (χ1n) is 7.70. The lowest BCUT2D eigenvalue weighted by atomic mass is 10.1. The van der Waals surface area contributed by atoms with Gasteiger partial charge < -0.3 is 15.1 Å². The lowest BCUT2D eigenvalue weighted by Gasteiger charge is -2.14. The highest BCUT2D eigenvalue weighted by atomic mass is 16.6. The van der Waals surface area contributed by atoms with Crippen LogP contribution < -0.4 is 5.48 Å². The fourth-order valence-electron chi connectivity index (χ4n) is 1.91. The van der Waals surface area contributed by atoms with Gasteiger partial charge in [-0.15, -0.1) is 0 Å². The van der Waals surface area contributed by atoms with Crippen LogP contribution >= 0.6 is 0 Å². The van der Waals surface area contributed by atoms with Gasteiger partial charge in [-0.1, -0.05) is 6.92 Å². The molecule has 0 aromatic rings. The highest BCUT2D eigenvalue weighted by Gasteiger charge is 2.08. The van der Waals surface area contributed by atoms with Crippen LogP contribution in [0, 0.1) is 10.8 Å². The van der Waals surface area contributed by atoms with Crippen molar-refractivity contribution in [2.24, 2.45) is 9.98 Å². The molecular formula is C17H28N6O. The van der Waals surface area contributed by atoms with Gasteiger partial charge in [0.2, 0.25) is 0 Å². The molecule has 0 aliphatic rings. The molecule has 0 aromatic carbocycles. The first kappa shape index (κ1) is 21.5. The number of hydrogen-bond acceptors (Lipinski definition) is 6. The van der Waals surface area contributed by atoms with Crippen LogP contribution in [0.25, 0.3) is 0 Å². The maximum atomic E-state index is 7.87. The molecule has 0 radical (unpaired) electrons. The monoisotopic (exact) mass is 332 g/mol. The predicted octanol–water partition coefficient (Wildman–Crippen LogP) is 2.94. The van der Waals surface area contributed by atoms with E-state index in [1.165, 1.54) is 0 Å². The zero-order valence-electron chi connectivity index (χ0n) is 15.1. The zero-order chi connectivity index (χ0) is 18.4. The quantitative estimate of drug-likeness (QED) is 0.235. The summed E-state index contributed by atoms with van der Waals surface area (Å²) in [4.78, 5) is 15.2. The van der Waals surface area contributed by atoms with Crippen LogP contribution in [0.5, 0.6) is 0 Å². The van der Waals surface area contributed by atoms with Crippen molar-refractivity contribution in [3.8, 4) is 0 Å². The van der Waals surface area contributed by atoms with E-state index >= 15 is 0 Å². The lowest BCUT2D eigenvalue weighted by molar-refractivity contribution is 0.126. The third-order valence-corrected chi connectivity index (χ3v) is 2.96. The molecule has 0 heterocycles. The molecule has 0 unspecified atom stereocenters. The van der Waals surface area contributed by atoms with E-state index in [1.807, 2.05) is 45.0 Å². The average Bonchev–Trinajstić information content (AvgIpc) is 2.53. The van der Waals surface area contributed by atoms with E-state index in [1.54, 1.807) is 25.5 Å². The second-order valence-corrected chi connectivity index (χ2v) is 4.82. The molecule has 0 rings (SSSR count). The number of hydroxylamine groups is 1. The number of rotatable bonds is 11. The van der Waals surface area contributed by atoms with Gasteiger partial charge in [-0.05, 0) is 32.4 Å². The van der Waals surface area contributed by atoms with Crippen molar-refractivity contribution in [1.29, 1.82) is 10.8 Å². The maximum Gasteiger partial charge on any atom is 0.126 e. The molecule has 3 N–H and O–H groups in total.